The lowest BCUT2D eigenvalue weighted by atomic mass is 10.2. The maximum absolute atomic E-state index is 13.3. The molecule has 0 aliphatic heterocycles. The maximum atomic E-state index is 13.3. The van der Waals surface area contributed by atoms with Crippen LogP contribution in [0.5, 0.6) is 17.2 Å². The molecule has 0 saturated heterocycles. The molecule has 0 saturated carbocycles. The number of amides is 1. The molecule has 0 bridgehead atoms. The molecule has 6 nitrogen and oxygen atoms in total. The molecule has 0 aromatic heterocycles. The van der Waals surface area contributed by atoms with E-state index in [2.05, 4.69) is 42.4 Å². The second kappa shape index (κ2) is 11.8. The van der Waals surface area contributed by atoms with Gasteiger partial charge in [-0.15, -0.1) is 0 Å². The summed E-state index contributed by atoms with van der Waals surface area (Å²) in [7, 11) is 1.54. The van der Waals surface area contributed by atoms with Gasteiger partial charge in [-0.25, -0.2) is 9.82 Å². The van der Waals surface area contributed by atoms with E-state index in [1.165, 1.54) is 25.5 Å². The topological polar surface area (TPSA) is 69.2 Å². The van der Waals surface area contributed by atoms with Gasteiger partial charge in [-0.1, -0.05) is 12.1 Å². The average molecular weight is 580 g/mol. The number of hydrogen-bond acceptors (Lipinski definition) is 5. The van der Waals surface area contributed by atoms with Crippen LogP contribution in [0.4, 0.5) is 4.39 Å². The van der Waals surface area contributed by atoms with E-state index in [9.17, 15) is 9.18 Å². The summed E-state index contributed by atoms with van der Waals surface area (Å²) in [6.07, 6.45) is 1.51. The molecule has 3 rings (SSSR count). The highest BCUT2D eigenvalue weighted by Gasteiger charge is 2.12. The van der Waals surface area contributed by atoms with Gasteiger partial charge in [0.1, 0.15) is 18.2 Å². The van der Waals surface area contributed by atoms with Crippen LogP contribution in [-0.4, -0.2) is 25.8 Å². The van der Waals surface area contributed by atoms with Gasteiger partial charge < -0.3 is 14.2 Å². The highest BCUT2D eigenvalue weighted by molar-refractivity contribution is 9.11. The Morgan fingerprint density at radius 2 is 1.82 bits per heavy atom. The van der Waals surface area contributed by atoms with Crippen LogP contribution in [0, 0.1) is 5.82 Å². The molecular weight excluding hydrogens is 559 g/mol. The first-order valence-corrected chi connectivity index (χ1v) is 11.5. The third kappa shape index (κ3) is 6.79. The molecule has 3 aromatic carbocycles. The minimum Gasteiger partial charge on any atom is -0.493 e. The summed E-state index contributed by atoms with van der Waals surface area (Å²) >= 11 is 6.95. The average Bonchev–Trinajstić information content (AvgIpc) is 2.78. The molecule has 0 unspecified atom stereocenters. The fourth-order valence-corrected chi connectivity index (χ4v) is 4.34. The summed E-state index contributed by atoms with van der Waals surface area (Å²) in [6, 6.07) is 14.7. The van der Waals surface area contributed by atoms with Crippen LogP contribution >= 0.6 is 31.9 Å². The van der Waals surface area contributed by atoms with E-state index < -0.39 is 0 Å². The predicted molar refractivity (Wildman–Crippen MR) is 132 cm³/mol. The lowest BCUT2D eigenvalue weighted by molar-refractivity contribution is 0.0954. The van der Waals surface area contributed by atoms with Gasteiger partial charge in [0.15, 0.2) is 11.5 Å². The fraction of sp³-hybridized carbons (Fsp3) is 0.167. The van der Waals surface area contributed by atoms with E-state index in [4.69, 9.17) is 14.2 Å². The first-order valence-electron chi connectivity index (χ1n) is 9.91. The SMILES string of the molecule is CCOc1cc(C(=O)N/N=C/c2cc(Br)c(OCc3cccc(F)c3)c(Br)c2)ccc1OC. The highest BCUT2D eigenvalue weighted by atomic mass is 79.9. The zero-order valence-corrected chi connectivity index (χ0v) is 21.1. The molecule has 3 aromatic rings. The molecule has 0 heterocycles. The van der Waals surface area contributed by atoms with Crippen molar-refractivity contribution < 1.29 is 23.4 Å². The summed E-state index contributed by atoms with van der Waals surface area (Å²) in [5.41, 5.74) is 4.32. The van der Waals surface area contributed by atoms with Crippen LogP contribution in [-0.2, 0) is 6.61 Å². The fourth-order valence-electron chi connectivity index (χ4n) is 2.89. The van der Waals surface area contributed by atoms with Crippen LogP contribution in [0.1, 0.15) is 28.4 Å². The van der Waals surface area contributed by atoms with Crippen molar-refractivity contribution >= 4 is 44.0 Å². The van der Waals surface area contributed by atoms with Crippen molar-refractivity contribution in [2.75, 3.05) is 13.7 Å². The van der Waals surface area contributed by atoms with Crippen molar-refractivity contribution in [2.24, 2.45) is 5.10 Å². The molecule has 1 amide bonds. The van der Waals surface area contributed by atoms with Crippen molar-refractivity contribution in [3.63, 3.8) is 0 Å². The zero-order chi connectivity index (χ0) is 23.8. The second-order valence-electron chi connectivity index (χ2n) is 6.73. The van der Waals surface area contributed by atoms with Gasteiger partial charge in [-0.05, 0) is 92.4 Å². The molecule has 172 valence electrons. The van der Waals surface area contributed by atoms with Crippen LogP contribution in [0.15, 0.2) is 68.6 Å². The molecule has 33 heavy (non-hydrogen) atoms. The summed E-state index contributed by atoms with van der Waals surface area (Å²) in [6.45, 7) is 2.51. The molecule has 1 N–H and O–H groups in total. The van der Waals surface area contributed by atoms with E-state index in [1.54, 1.807) is 42.5 Å². The Hall–Kier alpha value is -2.91. The Morgan fingerprint density at radius 1 is 1.06 bits per heavy atom. The Balaban J connectivity index is 1.65. The van der Waals surface area contributed by atoms with E-state index >= 15 is 0 Å². The third-order valence-corrected chi connectivity index (χ3v) is 5.58. The number of carbonyl (C=O) groups is 1. The van der Waals surface area contributed by atoms with Gasteiger partial charge in [-0.3, -0.25) is 4.79 Å². The maximum Gasteiger partial charge on any atom is 0.271 e. The van der Waals surface area contributed by atoms with Gasteiger partial charge >= 0.3 is 0 Å². The van der Waals surface area contributed by atoms with Crippen LogP contribution in [0.3, 0.4) is 0 Å². The molecule has 0 aliphatic rings. The van der Waals surface area contributed by atoms with Gasteiger partial charge in [0.05, 0.1) is 28.9 Å². The second-order valence-corrected chi connectivity index (χ2v) is 8.44. The zero-order valence-electron chi connectivity index (χ0n) is 17.9. The minimum absolute atomic E-state index is 0.212. The van der Waals surface area contributed by atoms with E-state index in [-0.39, 0.29) is 18.3 Å². The van der Waals surface area contributed by atoms with Crippen molar-refractivity contribution in [2.45, 2.75) is 13.5 Å². The molecular formula is C24H21Br2FN2O4. The van der Waals surface area contributed by atoms with E-state index in [0.717, 1.165) is 5.56 Å². The number of methoxy groups -OCH3 is 1. The number of nitrogens with zero attached hydrogens (tertiary/aromatic N) is 1. The number of ether oxygens (including phenoxy) is 3. The first-order chi connectivity index (χ1) is 15.9. The Kier molecular flexibility index (Phi) is 8.85. The summed E-state index contributed by atoms with van der Waals surface area (Å²) in [5.74, 6) is 0.904. The predicted octanol–water partition coefficient (Wildman–Crippen LogP) is 6.10. The number of hydrogen-bond donors (Lipinski definition) is 1. The molecule has 9 heteroatoms. The largest absolute Gasteiger partial charge is 0.493 e. The van der Waals surface area contributed by atoms with E-state index in [0.29, 0.717) is 43.9 Å². The van der Waals surface area contributed by atoms with Crippen molar-refractivity contribution in [1.82, 2.24) is 5.43 Å². The lowest BCUT2D eigenvalue weighted by Gasteiger charge is -2.11. The van der Waals surface area contributed by atoms with Crippen LogP contribution < -0.4 is 19.6 Å². The number of hydrazone groups is 1. The van der Waals surface area contributed by atoms with Crippen LogP contribution in [0.25, 0.3) is 0 Å². The van der Waals surface area contributed by atoms with Crippen molar-refractivity contribution in [1.29, 1.82) is 0 Å². The number of benzene rings is 3. The van der Waals surface area contributed by atoms with Crippen molar-refractivity contribution in [3.8, 4) is 17.2 Å². The monoisotopic (exact) mass is 578 g/mol. The van der Waals surface area contributed by atoms with Gasteiger partial charge in [-0.2, -0.15) is 5.10 Å². The molecule has 0 radical (unpaired) electrons. The first kappa shape index (κ1) is 24.7. The van der Waals surface area contributed by atoms with Gasteiger partial charge in [0.25, 0.3) is 5.91 Å². The van der Waals surface area contributed by atoms with Gasteiger partial charge in [0, 0.05) is 5.56 Å². The number of halogens is 3. The van der Waals surface area contributed by atoms with Crippen LogP contribution in [0.2, 0.25) is 0 Å². The molecule has 0 fully saturated rings. The van der Waals surface area contributed by atoms with Gasteiger partial charge in [0.2, 0.25) is 0 Å². The smallest absolute Gasteiger partial charge is 0.271 e. The summed E-state index contributed by atoms with van der Waals surface area (Å²) in [4.78, 5) is 12.4. The summed E-state index contributed by atoms with van der Waals surface area (Å²) in [5, 5.41) is 4.03. The van der Waals surface area contributed by atoms with E-state index in [1.807, 2.05) is 6.92 Å². The molecule has 0 atom stereocenters. The number of rotatable bonds is 9. The standard InChI is InChI=1S/C24H21Br2FN2O4/c1-3-32-22-12-17(7-8-21(22)31-2)24(30)29-28-13-16-10-19(25)23(20(26)11-16)33-14-15-5-4-6-18(27)9-15/h4-13H,3,14H2,1-2H3,(H,29,30)/b28-13+. The minimum atomic E-state index is -0.386. The Bertz CT molecular complexity index is 1150. The number of carbonyl (C=O) groups excluding carboxylic acids is 1. The Labute approximate surface area is 208 Å². The molecule has 0 aliphatic carbocycles. The molecule has 0 spiro atoms. The summed E-state index contributed by atoms with van der Waals surface area (Å²) < 4.78 is 31.2. The lowest BCUT2D eigenvalue weighted by Crippen LogP contribution is -2.17. The normalized spacial score (nSPS) is 10.8. The van der Waals surface area contributed by atoms with Crippen molar-refractivity contribution in [3.05, 3.63) is 86.1 Å². The third-order valence-electron chi connectivity index (χ3n) is 4.40. The quantitative estimate of drug-likeness (QED) is 0.246. The highest BCUT2D eigenvalue weighted by Crippen LogP contribution is 2.35. The number of nitrogens with one attached hydrogen (secondary N) is 1. The Morgan fingerprint density at radius 3 is 2.48 bits per heavy atom.